The lowest BCUT2D eigenvalue weighted by Gasteiger charge is -2.20. The fraction of sp³-hybridized carbons (Fsp3) is 0.538. The largest absolute Gasteiger partial charge is 0.377 e. The maximum Gasteiger partial charge on any atom is 0.0664 e. The average molecular weight is 242 g/mol. The Labute approximate surface area is 103 Å². The van der Waals surface area contributed by atoms with Gasteiger partial charge in [-0.1, -0.05) is 17.7 Å². The quantitative estimate of drug-likeness (QED) is 0.854. The fourth-order valence-electron chi connectivity index (χ4n) is 1.65. The summed E-state index contributed by atoms with van der Waals surface area (Å²) in [6.45, 7) is 6.83. The van der Waals surface area contributed by atoms with Gasteiger partial charge in [0, 0.05) is 5.02 Å². The van der Waals surface area contributed by atoms with Crippen molar-refractivity contribution in [2.24, 2.45) is 0 Å². The minimum atomic E-state index is 0.222. The van der Waals surface area contributed by atoms with Crippen molar-refractivity contribution < 1.29 is 4.74 Å². The zero-order valence-corrected chi connectivity index (χ0v) is 11.1. The third kappa shape index (κ3) is 3.78. The van der Waals surface area contributed by atoms with E-state index in [1.54, 1.807) is 0 Å². The van der Waals surface area contributed by atoms with Crippen LogP contribution in [0.1, 0.15) is 31.0 Å². The summed E-state index contributed by atoms with van der Waals surface area (Å²) in [5.41, 5.74) is 2.44. The van der Waals surface area contributed by atoms with Crippen molar-refractivity contribution in [3.63, 3.8) is 0 Å². The Balaban J connectivity index is 2.78. The number of hydrogen-bond donors (Lipinski definition) is 1. The molecule has 2 nitrogen and oxygen atoms in total. The van der Waals surface area contributed by atoms with E-state index in [0.29, 0.717) is 6.61 Å². The van der Waals surface area contributed by atoms with E-state index in [9.17, 15) is 0 Å². The number of nitrogens with one attached hydrogen (secondary N) is 1. The van der Waals surface area contributed by atoms with Crippen LogP contribution in [0.2, 0.25) is 5.02 Å². The summed E-state index contributed by atoms with van der Waals surface area (Å²) in [6, 6.07) is 6.18. The van der Waals surface area contributed by atoms with Crippen LogP contribution in [0.4, 0.5) is 0 Å². The lowest BCUT2D eigenvalue weighted by atomic mass is 10.0. The molecule has 0 aromatic heterocycles. The third-order valence-electron chi connectivity index (χ3n) is 2.55. The van der Waals surface area contributed by atoms with Gasteiger partial charge in [-0.3, -0.25) is 0 Å². The number of ether oxygens (including phenoxy) is 1. The molecule has 0 aliphatic heterocycles. The van der Waals surface area contributed by atoms with E-state index < -0.39 is 0 Å². The van der Waals surface area contributed by atoms with E-state index >= 15 is 0 Å². The van der Waals surface area contributed by atoms with Crippen molar-refractivity contribution >= 4 is 11.6 Å². The normalized spacial score (nSPS) is 13.1. The lowest BCUT2D eigenvalue weighted by molar-refractivity contribution is 0.0625. The topological polar surface area (TPSA) is 21.3 Å². The van der Waals surface area contributed by atoms with Gasteiger partial charge in [-0.25, -0.2) is 0 Å². The number of likely N-dealkylation sites (N-methyl/N-ethyl adjacent to an activating group) is 1. The standard InChI is InChI=1S/C13H20ClNO/c1-9(2)16-8-13(15-4)12-6-5-11(14)7-10(12)3/h5-7,9,13,15H,8H2,1-4H3. The molecule has 0 amide bonds. The van der Waals surface area contributed by atoms with Gasteiger partial charge in [0.15, 0.2) is 0 Å². The summed E-state index contributed by atoms with van der Waals surface area (Å²) >= 11 is 5.94. The average Bonchev–Trinajstić information content (AvgIpc) is 2.21. The number of benzene rings is 1. The van der Waals surface area contributed by atoms with Gasteiger partial charge < -0.3 is 10.1 Å². The molecule has 0 saturated carbocycles. The van der Waals surface area contributed by atoms with Crippen LogP contribution < -0.4 is 5.32 Å². The van der Waals surface area contributed by atoms with Crippen LogP contribution in [0.3, 0.4) is 0 Å². The minimum absolute atomic E-state index is 0.222. The Kier molecular flexibility index (Phi) is 5.26. The SMILES string of the molecule is CNC(COC(C)C)c1ccc(Cl)cc1C. The van der Waals surface area contributed by atoms with Gasteiger partial charge in [0.25, 0.3) is 0 Å². The van der Waals surface area contributed by atoms with Crippen molar-refractivity contribution in [1.29, 1.82) is 0 Å². The van der Waals surface area contributed by atoms with Gasteiger partial charge in [-0.15, -0.1) is 0 Å². The summed E-state index contributed by atoms with van der Waals surface area (Å²) in [5, 5.41) is 4.04. The second kappa shape index (κ2) is 6.24. The van der Waals surface area contributed by atoms with Crippen LogP contribution in [-0.2, 0) is 4.74 Å². The first-order valence-corrected chi connectivity index (χ1v) is 5.97. The van der Waals surface area contributed by atoms with Crippen LogP contribution in [0, 0.1) is 6.92 Å². The summed E-state index contributed by atoms with van der Waals surface area (Å²) in [6.07, 6.45) is 0.253. The van der Waals surface area contributed by atoms with Gasteiger partial charge in [-0.2, -0.15) is 0 Å². The van der Waals surface area contributed by atoms with Gasteiger partial charge >= 0.3 is 0 Å². The number of aryl methyl sites for hydroxylation is 1. The highest BCUT2D eigenvalue weighted by molar-refractivity contribution is 6.30. The van der Waals surface area contributed by atoms with Crippen molar-refractivity contribution in [2.75, 3.05) is 13.7 Å². The Morgan fingerprint density at radius 2 is 2.06 bits per heavy atom. The van der Waals surface area contributed by atoms with Crippen molar-refractivity contribution in [3.05, 3.63) is 34.3 Å². The second-order valence-electron chi connectivity index (χ2n) is 4.22. The van der Waals surface area contributed by atoms with E-state index in [-0.39, 0.29) is 12.1 Å². The fourth-order valence-corrected chi connectivity index (χ4v) is 1.87. The Hall–Kier alpha value is -0.570. The van der Waals surface area contributed by atoms with Crippen molar-refractivity contribution in [3.8, 4) is 0 Å². The monoisotopic (exact) mass is 241 g/mol. The van der Waals surface area contributed by atoms with E-state index in [4.69, 9.17) is 16.3 Å². The minimum Gasteiger partial charge on any atom is -0.377 e. The molecule has 0 aliphatic rings. The van der Waals surface area contributed by atoms with Gasteiger partial charge in [0.1, 0.15) is 0 Å². The van der Waals surface area contributed by atoms with E-state index in [1.807, 2.05) is 33.0 Å². The van der Waals surface area contributed by atoms with Crippen LogP contribution in [0.25, 0.3) is 0 Å². The molecule has 0 radical (unpaired) electrons. The van der Waals surface area contributed by atoms with Crippen LogP contribution >= 0.6 is 11.6 Å². The molecule has 1 rings (SSSR count). The molecule has 0 spiro atoms. The van der Waals surface area contributed by atoms with Crippen LogP contribution in [0.15, 0.2) is 18.2 Å². The summed E-state index contributed by atoms with van der Waals surface area (Å²) < 4.78 is 5.64. The first-order valence-electron chi connectivity index (χ1n) is 5.59. The molecule has 1 aromatic rings. The number of halogens is 1. The molecule has 0 bridgehead atoms. The summed E-state index contributed by atoms with van der Waals surface area (Å²) in [4.78, 5) is 0. The smallest absolute Gasteiger partial charge is 0.0664 e. The molecular formula is C13H20ClNO. The summed E-state index contributed by atoms with van der Waals surface area (Å²) in [7, 11) is 1.95. The third-order valence-corrected chi connectivity index (χ3v) is 2.79. The molecule has 3 heteroatoms. The predicted octanol–water partition coefficient (Wildman–Crippen LogP) is 3.33. The second-order valence-corrected chi connectivity index (χ2v) is 4.66. The van der Waals surface area contributed by atoms with Crippen molar-refractivity contribution in [2.45, 2.75) is 32.9 Å². The molecular weight excluding hydrogens is 222 g/mol. The molecule has 1 aromatic carbocycles. The maximum atomic E-state index is 5.94. The van der Waals surface area contributed by atoms with E-state index in [2.05, 4.69) is 18.3 Å². The Morgan fingerprint density at radius 1 is 1.38 bits per heavy atom. The highest BCUT2D eigenvalue weighted by Crippen LogP contribution is 2.21. The predicted molar refractivity (Wildman–Crippen MR) is 69.1 cm³/mol. The Morgan fingerprint density at radius 3 is 2.56 bits per heavy atom. The molecule has 1 unspecified atom stereocenters. The molecule has 90 valence electrons. The first-order chi connectivity index (χ1) is 7.54. The Bertz CT molecular complexity index is 339. The zero-order valence-electron chi connectivity index (χ0n) is 10.4. The van der Waals surface area contributed by atoms with Gasteiger partial charge in [0.05, 0.1) is 18.8 Å². The maximum absolute atomic E-state index is 5.94. The molecule has 16 heavy (non-hydrogen) atoms. The molecule has 0 fully saturated rings. The molecule has 0 saturated heterocycles. The van der Waals surface area contributed by atoms with Gasteiger partial charge in [-0.05, 0) is 51.1 Å². The number of rotatable bonds is 5. The van der Waals surface area contributed by atoms with Crippen molar-refractivity contribution in [1.82, 2.24) is 5.32 Å². The molecule has 1 atom stereocenters. The van der Waals surface area contributed by atoms with Crippen LogP contribution in [-0.4, -0.2) is 19.8 Å². The van der Waals surface area contributed by atoms with Gasteiger partial charge in [0.2, 0.25) is 0 Å². The lowest BCUT2D eigenvalue weighted by Crippen LogP contribution is -2.24. The molecule has 1 N–H and O–H groups in total. The highest BCUT2D eigenvalue weighted by Gasteiger charge is 2.12. The highest BCUT2D eigenvalue weighted by atomic mass is 35.5. The van der Waals surface area contributed by atoms with Crippen LogP contribution in [0.5, 0.6) is 0 Å². The first kappa shape index (κ1) is 13.5. The number of hydrogen-bond acceptors (Lipinski definition) is 2. The zero-order chi connectivity index (χ0) is 12.1. The van der Waals surface area contributed by atoms with E-state index in [0.717, 1.165) is 5.02 Å². The molecule has 0 heterocycles. The van der Waals surface area contributed by atoms with E-state index in [1.165, 1.54) is 11.1 Å². The summed E-state index contributed by atoms with van der Waals surface area (Å²) in [5.74, 6) is 0. The molecule has 0 aliphatic carbocycles.